The summed E-state index contributed by atoms with van der Waals surface area (Å²) < 4.78 is 0. The first kappa shape index (κ1) is 7.56. The summed E-state index contributed by atoms with van der Waals surface area (Å²) in [4.78, 5) is 0. The minimum absolute atomic E-state index is 0.0717. The summed E-state index contributed by atoms with van der Waals surface area (Å²) in [5.74, 6) is 2.16. The Morgan fingerprint density at radius 3 is 2.55 bits per heavy atom. The van der Waals surface area contributed by atoms with Crippen molar-refractivity contribution in [3.05, 3.63) is 0 Å². The van der Waals surface area contributed by atoms with Crippen LogP contribution in [0.2, 0.25) is 0 Å². The lowest BCUT2D eigenvalue weighted by atomic mass is 9.58. The summed E-state index contributed by atoms with van der Waals surface area (Å²) in [6.07, 6.45) is 3.07. The number of hydrogen-bond acceptors (Lipinski definition) is 2. The van der Waals surface area contributed by atoms with Gasteiger partial charge in [0.25, 0.3) is 0 Å². The van der Waals surface area contributed by atoms with Crippen LogP contribution in [0.15, 0.2) is 0 Å². The highest BCUT2D eigenvalue weighted by Gasteiger charge is 2.45. The van der Waals surface area contributed by atoms with Gasteiger partial charge in [-0.05, 0) is 37.0 Å². The van der Waals surface area contributed by atoms with E-state index < -0.39 is 0 Å². The van der Waals surface area contributed by atoms with E-state index in [2.05, 4.69) is 6.92 Å². The van der Waals surface area contributed by atoms with Crippen molar-refractivity contribution < 1.29 is 5.11 Å². The van der Waals surface area contributed by atoms with E-state index in [1.54, 1.807) is 0 Å². The zero-order chi connectivity index (χ0) is 8.01. The van der Waals surface area contributed by atoms with Crippen LogP contribution < -0.4 is 5.73 Å². The highest BCUT2D eigenvalue weighted by Crippen LogP contribution is 2.47. The lowest BCUT2D eigenvalue weighted by Crippen LogP contribution is -2.54. The van der Waals surface area contributed by atoms with Crippen LogP contribution in [0.3, 0.4) is 0 Å². The van der Waals surface area contributed by atoms with Gasteiger partial charge in [-0.3, -0.25) is 0 Å². The average Bonchev–Trinajstić information content (AvgIpc) is 1.93. The molecule has 5 unspecified atom stereocenters. The molecular weight excluding hydrogens is 138 g/mol. The number of rotatable bonds is 0. The van der Waals surface area contributed by atoms with Crippen LogP contribution in [-0.2, 0) is 0 Å². The third-order valence-corrected chi connectivity index (χ3v) is 3.56. The van der Waals surface area contributed by atoms with Gasteiger partial charge in [0.2, 0.25) is 0 Å². The molecule has 2 fully saturated rings. The smallest absolute Gasteiger partial charge is 0.0546 e. The maximum absolute atomic E-state index is 9.46. The van der Waals surface area contributed by atoms with E-state index >= 15 is 0 Å². The first-order valence-corrected chi connectivity index (χ1v) is 4.62. The van der Waals surface area contributed by atoms with Crippen molar-refractivity contribution in [3.8, 4) is 0 Å². The van der Waals surface area contributed by atoms with E-state index in [9.17, 15) is 5.11 Å². The molecule has 0 spiro atoms. The molecule has 0 heterocycles. The van der Waals surface area contributed by atoms with E-state index in [4.69, 9.17) is 5.73 Å². The topological polar surface area (TPSA) is 46.2 Å². The standard InChI is InChI=1S/C9H17NO/c1-5-2-6(11)3-8-7(5)4-9(8)10/h5-9,11H,2-4,10H2,1H3. The number of aliphatic hydroxyl groups is 1. The van der Waals surface area contributed by atoms with Gasteiger partial charge in [-0.1, -0.05) is 6.92 Å². The SMILES string of the molecule is CC1CC(O)CC2C(N)CC12. The molecule has 0 saturated heterocycles. The quantitative estimate of drug-likeness (QED) is 0.542. The predicted molar refractivity (Wildman–Crippen MR) is 44.0 cm³/mol. The van der Waals surface area contributed by atoms with Crippen molar-refractivity contribution in [2.75, 3.05) is 0 Å². The van der Waals surface area contributed by atoms with Crippen molar-refractivity contribution in [2.24, 2.45) is 23.5 Å². The molecule has 2 nitrogen and oxygen atoms in total. The van der Waals surface area contributed by atoms with Crippen molar-refractivity contribution in [2.45, 2.75) is 38.3 Å². The molecular formula is C9H17NO. The van der Waals surface area contributed by atoms with Crippen molar-refractivity contribution >= 4 is 0 Å². The third-order valence-electron chi connectivity index (χ3n) is 3.56. The molecule has 2 saturated carbocycles. The van der Waals surface area contributed by atoms with Crippen molar-refractivity contribution in [1.82, 2.24) is 0 Å². The van der Waals surface area contributed by atoms with Crippen LogP contribution >= 0.6 is 0 Å². The molecule has 2 heteroatoms. The monoisotopic (exact) mass is 155 g/mol. The minimum atomic E-state index is -0.0717. The van der Waals surface area contributed by atoms with Crippen LogP contribution in [-0.4, -0.2) is 17.3 Å². The summed E-state index contributed by atoms with van der Waals surface area (Å²) in [6, 6.07) is 0.386. The zero-order valence-electron chi connectivity index (χ0n) is 7.03. The van der Waals surface area contributed by atoms with Crippen LogP contribution in [0.1, 0.15) is 26.2 Å². The number of fused-ring (bicyclic) bond motifs is 1. The fraction of sp³-hybridized carbons (Fsp3) is 1.00. The van der Waals surface area contributed by atoms with Gasteiger partial charge in [0.05, 0.1) is 6.10 Å². The summed E-state index contributed by atoms with van der Waals surface area (Å²) in [6.45, 7) is 2.24. The molecule has 0 bridgehead atoms. The van der Waals surface area contributed by atoms with Crippen LogP contribution in [0, 0.1) is 17.8 Å². The first-order valence-electron chi connectivity index (χ1n) is 4.62. The van der Waals surface area contributed by atoms with Gasteiger partial charge in [-0.25, -0.2) is 0 Å². The predicted octanol–water partition coefficient (Wildman–Crippen LogP) is 0.741. The summed E-state index contributed by atoms with van der Waals surface area (Å²) in [7, 11) is 0. The maximum Gasteiger partial charge on any atom is 0.0546 e. The molecule has 0 aromatic rings. The fourth-order valence-electron chi connectivity index (χ4n) is 2.80. The van der Waals surface area contributed by atoms with Crippen LogP contribution in [0.4, 0.5) is 0 Å². The lowest BCUT2D eigenvalue weighted by molar-refractivity contribution is -0.0334. The van der Waals surface area contributed by atoms with Gasteiger partial charge in [0, 0.05) is 6.04 Å². The highest BCUT2D eigenvalue weighted by atomic mass is 16.3. The number of aliphatic hydroxyl groups excluding tert-OH is 1. The van der Waals surface area contributed by atoms with Gasteiger partial charge in [0.15, 0.2) is 0 Å². The summed E-state index contributed by atoms with van der Waals surface area (Å²) in [5.41, 5.74) is 5.85. The van der Waals surface area contributed by atoms with Gasteiger partial charge in [-0.2, -0.15) is 0 Å². The van der Waals surface area contributed by atoms with Gasteiger partial charge in [0.1, 0.15) is 0 Å². The van der Waals surface area contributed by atoms with Crippen molar-refractivity contribution in [1.29, 1.82) is 0 Å². The Morgan fingerprint density at radius 2 is 1.91 bits per heavy atom. The normalized spacial score (nSPS) is 56.5. The average molecular weight is 155 g/mol. The highest BCUT2D eigenvalue weighted by molar-refractivity contribution is 4.98. The zero-order valence-corrected chi connectivity index (χ0v) is 7.03. The molecule has 5 atom stereocenters. The van der Waals surface area contributed by atoms with Gasteiger partial charge < -0.3 is 10.8 Å². The minimum Gasteiger partial charge on any atom is -0.393 e. The Hall–Kier alpha value is -0.0800. The molecule has 0 aliphatic heterocycles. The second-order valence-corrected chi connectivity index (χ2v) is 4.33. The Kier molecular flexibility index (Phi) is 1.69. The number of nitrogens with two attached hydrogens (primary N) is 1. The number of hydrogen-bond donors (Lipinski definition) is 2. The molecule has 0 aromatic heterocycles. The van der Waals surface area contributed by atoms with E-state index in [0.29, 0.717) is 17.9 Å². The molecule has 64 valence electrons. The molecule has 11 heavy (non-hydrogen) atoms. The largest absolute Gasteiger partial charge is 0.393 e. The summed E-state index contributed by atoms with van der Waals surface area (Å²) >= 11 is 0. The van der Waals surface area contributed by atoms with Gasteiger partial charge in [-0.15, -0.1) is 0 Å². The maximum atomic E-state index is 9.46. The van der Waals surface area contributed by atoms with E-state index in [-0.39, 0.29) is 6.10 Å². The molecule has 3 N–H and O–H groups in total. The van der Waals surface area contributed by atoms with Crippen LogP contribution in [0.25, 0.3) is 0 Å². The Labute approximate surface area is 67.8 Å². The second kappa shape index (κ2) is 2.46. The van der Waals surface area contributed by atoms with Gasteiger partial charge >= 0.3 is 0 Å². The first-order chi connectivity index (χ1) is 5.18. The fourth-order valence-corrected chi connectivity index (χ4v) is 2.80. The molecule has 2 rings (SSSR count). The van der Waals surface area contributed by atoms with E-state index in [0.717, 1.165) is 18.8 Å². The van der Waals surface area contributed by atoms with Crippen molar-refractivity contribution in [3.63, 3.8) is 0 Å². The Balaban J connectivity index is 2.01. The van der Waals surface area contributed by atoms with Crippen LogP contribution in [0.5, 0.6) is 0 Å². The van der Waals surface area contributed by atoms with E-state index in [1.807, 2.05) is 0 Å². The second-order valence-electron chi connectivity index (χ2n) is 4.33. The lowest BCUT2D eigenvalue weighted by Gasteiger charge is -2.50. The molecule has 0 aromatic carbocycles. The molecule has 2 aliphatic rings. The van der Waals surface area contributed by atoms with E-state index in [1.165, 1.54) is 6.42 Å². The Bertz CT molecular complexity index is 160. The molecule has 0 amide bonds. The summed E-state index contributed by atoms with van der Waals surface area (Å²) in [5, 5.41) is 9.46. The molecule has 0 radical (unpaired) electrons. The molecule has 2 aliphatic carbocycles. The Morgan fingerprint density at radius 1 is 1.18 bits per heavy atom. The third kappa shape index (κ3) is 1.09.